The Labute approximate surface area is 96.9 Å². The molecular weight excluding hydrogens is 227 g/mol. The maximum absolute atomic E-state index is 13.5. The van der Waals surface area contributed by atoms with Crippen molar-refractivity contribution in [2.24, 2.45) is 0 Å². The Morgan fingerprint density at radius 3 is 2.81 bits per heavy atom. The van der Waals surface area contributed by atoms with Crippen LogP contribution in [-0.2, 0) is 0 Å². The van der Waals surface area contributed by atoms with Gasteiger partial charge in [-0.15, -0.1) is 0 Å². The van der Waals surface area contributed by atoms with Crippen LogP contribution < -0.4 is 0 Å². The van der Waals surface area contributed by atoms with Crippen molar-refractivity contribution in [1.82, 2.24) is 4.98 Å². The van der Waals surface area contributed by atoms with Gasteiger partial charge in [0.1, 0.15) is 17.6 Å². The van der Waals surface area contributed by atoms with E-state index in [1.807, 2.05) is 6.07 Å². The number of hydrogen-bond acceptors (Lipinski definition) is 2. The molecule has 0 bridgehead atoms. The third-order valence-electron chi connectivity index (χ3n) is 2.11. The quantitative estimate of drug-likeness (QED) is 0.756. The van der Waals surface area contributed by atoms with Gasteiger partial charge in [-0.1, -0.05) is 11.6 Å². The van der Waals surface area contributed by atoms with Crippen LogP contribution in [-0.4, -0.2) is 4.98 Å². The lowest BCUT2D eigenvalue weighted by atomic mass is 10.1. The zero-order valence-electron chi connectivity index (χ0n) is 8.11. The van der Waals surface area contributed by atoms with Gasteiger partial charge in [0.05, 0.1) is 0 Å². The van der Waals surface area contributed by atoms with E-state index in [1.54, 1.807) is 6.07 Å². The Hall–Kier alpha value is -1.92. The number of nitrogens with zero attached hydrogens (tertiary/aromatic N) is 2. The summed E-state index contributed by atoms with van der Waals surface area (Å²) in [6.45, 7) is 0. The molecule has 0 spiro atoms. The molecule has 0 saturated heterocycles. The lowest BCUT2D eigenvalue weighted by Crippen LogP contribution is -1.87. The molecule has 0 aliphatic rings. The molecule has 0 radical (unpaired) electrons. The van der Waals surface area contributed by atoms with Crippen molar-refractivity contribution in [3.05, 3.63) is 53.1 Å². The van der Waals surface area contributed by atoms with Crippen LogP contribution in [0, 0.1) is 17.1 Å². The van der Waals surface area contributed by atoms with E-state index in [9.17, 15) is 4.39 Å². The second-order valence-corrected chi connectivity index (χ2v) is 3.60. The molecule has 2 nitrogen and oxygen atoms in total. The summed E-state index contributed by atoms with van der Waals surface area (Å²) in [5.74, 6) is -0.375. The monoisotopic (exact) mass is 232 g/mol. The van der Waals surface area contributed by atoms with Crippen LogP contribution in [0.1, 0.15) is 5.69 Å². The van der Waals surface area contributed by atoms with Gasteiger partial charge in [0.15, 0.2) is 0 Å². The van der Waals surface area contributed by atoms with Gasteiger partial charge in [0, 0.05) is 16.8 Å². The van der Waals surface area contributed by atoms with Gasteiger partial charge in [-0.3, -0.25) is 0 Å². The van der Waals surface area contributed by atoms with Crippen molar-refractivity contribution >= 4 is 11.6 Å². The van der Waals surface area contributed by atoms with Crippen molar-refractivity contribution in [2.75, 3.05) is 0 Å². The van der Waals surface area contributed by atoms with E-state index in [0.29, 0.717) is 16.1 Å². The molecule has 0 N–H and O–H groups in total. The van der Waals surface area contributed by atoms with E-state index in [2.05, 4.69) is 4.98 Å². The second-order valence-electron chi connectivity index (χ2n) is 3.17. The summed E-state index contributed by atoms with van der Waals surface area (Å²) in [5.41, 5.74) is 1.20. The summed E-state index contributed by atoms with van der Waals surface area (Å²) in [6.07, 6.45) is 1.47. The number of halogens is 2. The first-order chi connectivity index (χ1) is 7.70. The van der Waals surface area contributed by atoms with Crippen molar-refractivity contribution in [3.8, 4) is 17.2 Å². The van der Waals surface area contributed by atoms with E-state index >= 15 is 0 Å². The standard InChI is InChI=1S/C12H6ClFN2/c13-9-1-2-12(14)11(6-9)8-3-4-16-10(5-8)7-15/h1-6H. The van der Waals surface area contributed by atoms with E-state index in [0.717, 1.165) is 0 Å². The Morgan fingerprint density at radius 1 is 1.25 bits per heavy atom. The predicted molar refractivity (Wildman–Crippen MR) is 59.4 cm³/mol. The molecule has 0 unspecified atom stereocenters. The number of pyridine rings is 1. The zero-order valence-corrected chi connectivity index (χ0v) is 8.87. The van der Waals surface area contributed by atoms with Gasteiger partial charge in [0.2, 0.25) is 0 Å². The van der Waals surface area contributed by atoms with E-state index in [4.69, 9.17) is 16.9 Å². The number of aromatic nitrogens is 1. The molecule has 0 aliphatic heterocycles. The summed E-state index contributed by atoms with van der Waals surface area (Å²) in [5, 5.41) is 9.15. The van der Waals surface area contributed by atoms with Gasteiger partial charge < -0.3 is 0 Å². The molecule has 1 aromatic heterocycles. The number of benzene rings is 1. The number of hydrogen-bond donors (Lipinski definition) is 0. The number of rotatable bonds is 1. The van der Waals surface area contributed by atoms with E-state index in [-0.39, 0.29) is 11.5 Å². The van der Waals surface area contributed by atoms with Crippen LogP contribution in [0.2, 0.25) is 5.02 Å². The van der Waals surface area contributed by atoms with Crippen molar-refractivity contribution in [3.63, 3.8) is 0 Å². The van der Waals surface area contributed by atoms with E-state index in [1.165, 1.54) is 30.5 Å². The highest BCUT2D eigenvalue weighted by Crippen LogP contribution is 2.25. The van der Waals surface area contributed by atoms with Crippen molar-refractivity contribution < 1.29 is 4.39 Å². The summed E-state index contributed by atoms with van der Waals surface area (Å²) in [7, 11) is 0. The summed E-state index contributed by atoms with van der Waals surface area (Å²) < 4.78 is 13.5. The van der Waals surface area contributed by atoms with Crippen LogP contribution in [0.3, 0.4) is 0 Å². The van der Waals surface area contributed by atoms with E-state index < -0.39 is 0 Å². The summed E-state index contributed by atoms with van der Waals surface area (Å²) in [6, 6.07) is 9.36. The fraction of sp³-hybridized carbons (Fsp3) is 0. The lowest BCUT2D eigenvalue weighted by molar-refractivity contribution is 0.631. The largest absolute Gasteiger partial charge is 0.246 e. The average Bonchev–Trinajstić information content (AvgIpc) is 2.32. The first-order valence-corrected chi connectivity index (χ1v) is 4.90. The Kier molecular flexibility index (Phi) is 2.84. The highest BCUT2D eigenvalue weighted by molar-refractivity contribution is 6.30. The third-order valence-corrected chi connectivity index (χ3v) is 2.35. The fourth-order valence-electron chi connectivity index (χ4n) is 1.38. The highest BCUT2D eigenvalue weighted by Gasteiger charge is 2.06. The normalized spacial score (nSPS) is 9.81. The molecule has 0 amide bonds. The molecular formula is C12H6ClFN2. The summed E-state index contributed by atoms with van der Waals surface area (Å²) in [4.78, 5) is 3.82. The zero-order chi connectivity index (χ0) is 11.5. The minimum Gasteiger partial charge on any atom is -0.246 e. The Bertz CT molecular complexity index is 575. The molecule has 16 heavy (non-hydrogen) atoms. The predicted octanol–water partition coefficient (Wildman–Crippen LogP) is 3.41. The molecule has 2 aromatic rings. The third kappa shape index (κ3) is 2.02. The molecule has 4 heteroatoms. The lowest BCUT2D eigenvalue weighted by Gasteiger charge is -2.03. The average molecular weight is 233 g/mol. The number of nitriles is 1. The van der Waals surface area contributed by atoms with Gasteiger partial charge in [-0.05, 0) is 35.9 Å². The van der Waals surface area contributed by atoms with Gasteiger partial charge in [-0.25, -0.2) is 9.37 Å². The maximum atomic E-state index is 13.5. The molecule has 78 valence electrons. The molecule has 2 rings (SSSR count). The molecule has 0 saturated carbocycles. The van der Waals surface area contributed by atoms with Gasteiger partial charge in [-0.2, -0.15) is 5.26 Å². The maximum Gasteiger partial charge on any atom is 0.141 e. The summed E-state index contributed by atoms with van der Waals surface area (Å²) >= 11 is 5.79. The smallest absolute Gasteiger partial charge is 0.141 e. The minimum atomic E-state index is -0.375. The molecule has 0 atom stereocenters. The van der Waals surface area contributed by atoms with Crippen LogP contribution in [0.15, 0.2) is 36.5 Å². The van der Waals surface area contributed by atoms with Crippen LogP contribution in [0.4, 0.5) is 4.39 Å². The van der Waals surface area contributed by atoms with Crippen molar-refractivity contribution in [2.45, 2.75) is 0 Å². The topological polar surface area (TPSA) is 36.7 Å². The SMILES string of the molecule is N#Cc1cc(-c2cc(Cl)ccc2F)ccn1. The molecule has 0 fully saturated rings. The molecule has 1 heterocycles. The van der Waals surface area contributed by atoms with Crippen LogP contribution in [0.25, 0.3) is 11.1 Å². The first kappa shape index (κ1) is 10.6. The molecule has 1 aromatic carbocycles. The van der Waals surface area contributed by atoms with Crippen LogP contribution >= 0.6 is 11.6 Å². The Balaban J connectivity index is 2.58. The van der Waals surface area contributed by atoms with Crippen molar-refractivity contribution in [1.29, 1.82) is 5.26 Å². The molecule has 0 aliphatic carbocycles. The highest BCUT2D eigenvalue weighted by atomic mass is 35.5. The Morgan fingerprint density at radius 2 is 2.06 bits per heavy atom. The van der Waals surface area contributed by atoms with Gasteiger partial charge >= 0.3 is 0 Å². The fourth-order valence-corrected chi connectivity index (χ4v) is 1.55. The second kappa shape index (κ2) is 4.30. The first-order valence-electron chi connectivity index (χ1n) is 4.52. The van der Waals surface area contributed by atoms with Gasteiger partial charge in [0.25, 0.3) is 0 Å². The van der Waals surface area contributed by atoms with Crippen LogP contribution in [0.5, 0.6) is 0 Å². The minimum absolute atomic E-state index is 0.247.